The lowest BCUT2D eigenvalue weighted by Gasteiger charge is -2.01. The van der Waals surface area contributed by atoms with Crippen molar-refractivity contribution < 1.29 is 0 Å². The van der Waals surface area contributed by atoms with Crippen LogP contribution in [0.25, 0.3) is 0 Å². The van der Waals surface area contributed by atoms with E-state index in [1.165, 1.54) is 17.9 Å². The van der Waals surface area contributed by atoms with E-state index in [0.717, 1.165) is 11.8 Å². The first-order valence-electron chi connectivity index (χ1n) is 4.31. The Balaban J connectivity index is 1.72. The second-order valence-corrected chi connectivity index (χ2v) is 4.41. The molecule has 1 N–H and O–H groups in total. The third-order valence-electron chi connectivity index (χ3n) is 1.95. The molecule has 1 aliphatic rings. The quantitative estimate of drug-likeness (QED) is 0.708. The van der Waals surface area contributed by atoms with Gasteiger partial charge in [0.05, 0.1) is 0 Å². The van der Waals surface area contributed by atoms with Gasteiger partial charge < -0.3 is 5.32 Å². The van der Waals surface area contributed by atoms with E-state index >= 15 is 0 Å². The first-order chi connectivity index (χ1) is 5.95. The van der Waals surface area contributed by atoms with Gasteiger partial charge in [0.2, 0.25) is 0 Å². The average molecular weight is 179 g/mol. The molecule has 0 aliphatic carbocycles. The molecule has 2 heteroatoms. The zero-order chi connectivity index (χ0) is 8.23. The van der Waals surface area contributed by atoms with Gasteiger partial charge in [0.1, 0.15) is 0 Å². The third kappa shape index (κ3) is 2.54. The fourth-order valence-electron chi connectivity index (χ4n) is 1.16. The van der Waals surface area contributed by atoms with Crippen LogP contribution in [0.1, 0.15) is 5.56 Å². The Kier molecular flexibility index (Phi) is 2.69. The molecule has 1 aromatic carbocycles. The topological polar surface area (TPSA) is 12.0 Å². The molecule has 0 saturated carbocycles. The molecule has 0 amide bonds. The standard InChI is InChI=1S/C10H13NS/c1-2-4-9(5-3-1)6-11-7-10-8-12-10/h1-5,10-11H,6-8H2. The summed E-state index contributed by atoms with van der Waals surface area (Å²) in [5.41, 5.74) is 1.38. The molecule has 0 aromatic heterocycles. The lowest BCUT2D eigenvalue weighted by atomic mass is 10.2. The van der Waals surface area contributed by atoms with Gasteiger partial charge in [-0.15, -0.1) is 0 Å². The number of benzene rings is 1. The summed E-state index contributed by atoms with van der Waals surface area (Å²) in [6.45, 7) is 2.18. The van der Waals surface area contributed by atoms with E-state index in [-0.39, 0.29) is 0 Å². The lowest BCUT2D eigenvalue weighted by molar-refractivity contribution is 0.704. The van der Waals surface area contributed by atoms with Gasteiger partial charge in [-0.05, 0) is 5.56 Å². The molecule has 0 radical (unpaired) electrons. The van der Waals surface area contributed by atoms with Crippen molar-refractivity contribution in [2.24, 2.45) is 0 Å². The summed E-state index contributed by atoms with van der Waals surface area (Å²) in [6.07, 6.45) is 0. The third-order valence-corrected chi connectivity index (χ3v) is 2.92. The molecule has 1 atom stereocenters. The highest BCUT2D eigenvalue weighted by Crippen LogP contribution is 2.28. The van der Waals surface area contributed by atoms with Gasteiger partial charge >= 0.3 is 0 Å². The van der Waals surface area contributed by atoms with Gasteiger partial charge in [-0.2, -0.15) is 11.8 Å². The van der Waals surface area contributed by atoms with Gasteiger partial charge in [0, 0.05) is 24.1 Å². The van der Waals surface area contributed by atoms with Crippen molar-refractivity contribution in [3.05, 3.63) is 35.9 Å². The van der Waals surface area contributed by atoms with Crippen LogP contribution in [0.4, 0.5) is 0 Å². The van der Waals surface area contributed by atoms with Crippen LogP contribution in [0.2, 0.25) is 0 Å². The fourth-order valence-corrected chi connectivity index (χ4v) is 1.65. The van der Waals surface area contributed by atoms with E-state index in [9.17, 15) is 0 Å². The predicted molar refractivity (Wildman–Crippen MR) is 54.4 cm³/mol. The molecule has 12 heavy (non-hydrogen) atoms. The molecule has 1 heterocycles. The Morgan fingerprint density at radius 1 is 1.33 bits per heavy atom. The van der Waals surface area contributed by atoms with E-state index in [0.29, 0.717) is 0 Å². The first-order valence-corrected chi connectivity index (χ1v) is 5.36. The van der Waals surface area contributed by atoms with Crippen LogP contribution in [0.5, 0.6) is 0 Å². The smallest absolute Gasteiger partial charge is 0.0263 e. The molecule has 2 rings (SSSR count). The van der Waals surface area contributed by atoms with Crippen LogP contribution in [0.3, 0.4) is 0 Å². The number of hydrogen-bond donors (Lipinski definition) is 1. The molecule has 0 bridgehead atoms. The van der Waals surface area contributed by atoms with E-state index < -0.39 is 0 Å². The maximum atomic E-state index is 3.44. The van der Waals surface area contributed by atoms with Gasteiger partial charge in [-0.25, -0.2) is 0 Å². The summed E-state index contributed by atoms with van der Waals surface area (Å²) in [7, 11) is 0. The van der Waals surface area contributed by atoms with Crippen molar-refractivity contribution in [1.29, 1.82) is 0 Å². The van der Waals surface area contributed by atoms with Crippen molar-refractivity contribution in [1.82, 2.24) is 5.32 Å². The van der Waals surface area contributed by atoms with E-state index in [2.05, 4.69) is 35.6 Å². The zero-order valence-corrected chi connectivity index (χ0v) is 7.81. The molecular weight excluding hydrogens is 166 g/mol. The Morgan fingerprint density at radius 2 is 2.08 bits per heavy atom. The zero-order valence-electron chi connectivity index (χ0n) is 6.99. The molecule has 1 unspecified atom stereocenters. The summed E-state index contributed by atoms with van der Waals surface area (Å²) in [5, 5.41) is 4.34. The Hall–Kier alpha value is -0.470. The molecule has 1 aromatic rings. The van der Waals surface area contributed by atoms with E-state index in [4.69, 9.17) is 0 Å². The van der Waals surface area contributed by atoms with E-state index in [1.54, 1.807) is 0 Å². The summed E-state index contributed by atoms with van der Waals surface area (Å²) >= 11 is 2.04. The monoisotopic (exact) mass is 179 g/mol. The summed E-state index contributed by atoms with van der Waals surface area (Å²) < 4.78 is 0. The van der Waals surface area contributed by atoms with Crippen LogP contribution in [-0.4, -0.2) is 17.5 Å². The first kappa shape index (κ1) is 8.14. The van der Waals surface area contributed by atoms with Gasteiger partial charge in [-0.1, -0.05) is 30.3 Å². The second-order valence-electron chi connectivity index (χ2n) is 3.07. The Morgan fingerprint density at radius 3 is 2.75 bits per heavy atom. The molecule has 1 aliphatic heterocycles. The minimum atomic E-state index is 0.897. The summed E-state index contributed by atoms with van der Waals surface area (Å²) in [5.74, 6) is 1.35. The van der Waals surface area contributed by atoms with Crippen LogP contribution >= 0.6 is 11.8 Å². The lowest BCUT2D eigenvalue weighted by Crippen LogP contribution is -2.18. The van der Waals surface area contributed by atoms with Crippen LogP contribution in [0, 0.1) is 0 Å². The number of nitrogens with one attached hydrogen (secondary N) is 1. The predicted octanol–water partition coefficient (Wildman–Crippen LogP) is 1.89. The Labute approximate surface area is 77.6 Å². The summed E-state index contributed by atoms with van der Waals surface area (Å²) in [6, 6.07) is 10.5. The minimum absolute atomic E-state index is 0.897. The van der Waals surface area contributed by atoms with Crippen LogP contribution in [-0.2, 0) is 6.54 Å². The maximum absolute atomic E-state index is 3.44. The molecule has 1 nitrogen and oxygen atoms in total. The largest absolute Gasteiger partial charge is 0.312 e. The van der Waals surface area contributed by atoms with Crippen LogP contribution in [0.15, 0.2) is 30.3 Å². The van der Waals surface area contributed by atoms with Gasteiger partial charge in [-0.3, -0.25) is 0 Å². The van der Waals surface area contributed by atoms with Crippen molar-refractivity contribution >= 4 is 11.8 Å². The summed E-state index contributed by atoms with van der Waals surface area (Å²) in [4.78, 5) is 0. The maximum Gasteiger partial charge on any atom is 0.0263 e. The Bertz CT molecular complexity index is 231. The number of hydrogen-bond acceptors (Lipinski definition) is 2. The van der Waals surface area contributed by atoms with Crippen molar-refractivity contribution in [3.63, 3.8) is 0 Å². The highest BCUT2D eigenvalue weighted by molar-refractivity contribution is 8.06. The van der Waals surface area contributed by atoms with Crippen molar-refractivity contribution in [3.8, 4) is 0 Å². The normalized spacial score (nSPS) is 20.8. The van der Waals surface area contributed by atoms with Crippen molar-refractivity contribution in [2.45, 2.75) is 11.8 Å². The fraction of sp³-hybridized carbons (Fsp3) is 0.400. The molecule has 64 valence electrons. The second kappa shape index (κ2) is 3.97. The van der Waals surface area contributed by atoms with Gasteiger partial charge in [0.25, 0.3) is 0 Å². The molecule has 0 spiro atoms. The van der Waals surface area contributed by atoms with Crippen molar-refractivity contribution in [2.75, 3.05) is 12.3 Å². The SMILES string of the molecule is c1ccc(CNCC2CS2)cc1. The van der Waals surface area contributed by atoms with Gasteiger partial charge in [0.15, 0.2) is 0 Å². The van der Waals surface area contributed by atoms with E-state index in [1.807, 2.05) is 11.8 Å². The minimum Gasteiger partial charge on any atom is -0.312 e. The van der Waals surface area contributed by atoms with Crippen LogP contribution < -0.4 is 5.32 Å². The molecular formula is C10H13NS. The number of rotatable bonds is 4. The number of thioether (sulfide) groups is 1. The molecule has 1 fully saturated rings. The average Bonchev–Trinajstić information content (AvgIpc) is 2.90. The molecule has 1 saturated heterocycles. The highest BCUT2D eigenvalue weighted by Gasteiger charge is 2.20. The highest BCUT2D eigenvalue weighted by atomic mass is 32.2.